The van der Waals surface area contributed by atoms with Crippen molar-refractivity contribution in [1.29, 1.82) is 0 Å². The van der Waals surface area contributed by atoms with Gasteiger partial charge in [0.2, 0.25) is 0 Å². The van der Waals surface area contributed by atoms with Crippen LogP contribution in [-0.2, 0) is 13.2 Å². The van der Waals surface area contributed by atoms with Crippen molar-refractivity contribution in [2.75, 3.05) is 12.3 Å². The van der Waals surface area contributed by atoms with E-state index in [0.717, 1.165) is 12.1 Å². The van der Waals surface area contributed by atoms with Gasteiger partial charge in [-0.1, -0.05) is 0 Å². The highest BCUT2D eigenvalue weighted by atomic mass is 32.1. The number of rotatable bonds is 3. The summed E-state index contributed by atoms with van der Waals surface area (Å²) < 4.78 is 39.5. The second-order valence-corrected chi connectivity index (χ2v) is 4.79. The second-order valence-electron chi connectivity index (χ2n) is 4.34. The molecule has 1 heterocycles. The molecule has 3 nitrogen and oxygen atoms in total. The maximum absolute atomic E-state index is 12.7. The zero-order valence-electron chi connectivity index (χ0n) is 10.7. The molecule has 1 aromatic carbocycles. The first-order valence-corrected chi connectivity index (χ1v) is 6.53. The number of nitrogens with zero attached hydrogens (tertiary/aromatic N) is 1. The molecule has 0 unspecified atom stereocenters. The molecule has 0 aliphatic carbocycles. The highest BCUT2D eigenvalue weighted by Crippen LogP contribution is 2.32. The molecule has 20 heavy (non-hydrogen) atoms. The van der Waals surface area contributed by atoms with Gasteiger partial charge in [0, 0.05) is 30.2 Å². The van der Waals surface area contributed by atoms with Gasteiger partial charge >= 0.3 is 6.18 Å². The number of amides is 1. The van der Waals surface area contributed by atoms with Crippen LogP contribution in [0.25, 0.3) is 10.9 Å². The van der Waals surface area contributed by atoms with E-state index >= 15 is 0 Å². The number of nitrogens with one attached hydrogen (secondary N) is 1. The molecule has 0 aliphatic heterocycles. The third-order valence-corrected chi connectivity index (χ3v) is 3.22. The fraction of sp³-hybridized carbons (Fsp3) is 0.308. The smallest absolute Gasteiger partial charge is 0.350 e. The van der Waals surface area contributed by atoms with Crippen molar-refractivity contribution in [2.45, 2.75) is 6.18 Å². The summed E-state index contributed by atoms with van der Waals surface area (Å²) in [6.45, 7) is 0.400. The fourth-order valence-corrected chi connectivity index (χ4v) is 2.12. The molecule has 0 atom stereocenters. The Morgan fingerprint density at radius 2 is 2.05 bits per heavy atom. The fourth-order valence-electron chi connectivity index (χ4n) is 2.00. The number of hydrogen-bond donors (Lipinski definition) is 2. The lowest BCUT2D eigenvalue weighted by atomic mass is 10.1. The molecule has 0 saturated heterocycles. The van der Waals surface area contributed by atoms with Gasteiger partial charge in [0.05, 0.1) is 5.56 Å². The molecule has 0 bridgehead atoms. The first-order chi connectivity index (χ1) is 9.34. The Kier molecular flexibility index (Phi) is 3.99. The van der Waals surface area contributed by atoms with Crippen LogP contribution in [0.3, 0.4) is 0 Å². The zero-order chi connectivity index (χ0) is 14.9. The molecule has 1 N–H and O–H groups in total. The monoisotopic (exact) mass is 302 g/mol. The van der Waals surface area contributed by atoms with Crippen LogP contribution in [0.5, 0.6) is 0 Å². The van der Waals surface area contributed by atoms with Crippen LogP contribution in [0.1, 0.15) is 16.1 Å². The van der Waals surface area contributed by atoms with E-state index in [9.17, 15) is 18.0 Å². The number of carbonyl (C=O) groups excluding carboxylic acids is 1. The number of benzene rings is 1. The summed E-state index contributed by atoms with van der Waals surface area (Å²) in [7, 11) is 1.64. The Labute approximate surface area is 119 Å². The van der Waals surface area contributed by atoms with E-state index in [1.807, 2.05) is 0 Å². The highest BCUT2D eigenvalue weighted by Gasteiger charge is 2.30. The normalized spacial score (nSPS) is 11.8. The first-order valence-electron chi connectivity index (χ1n) is 5.90. The summed E-state index contributed by atoms with van der Waals surface area (Å²) in [5, 5.41) is 3.02. The van der Waals surface area contributed by atoms with Crippen molar-refractivity contribution in [3.8, 4) is 0 Å². The molecule has 2 rings (SSSR count). The predicted octanol–water partition coefficient (Wildman–Crippen LogP) is 2.86. The Bertz CT molecular complexity index is 649. The van der Waals surface area contributed by atoms with Crippen LogP contribution in [-0.4, -0.2) is 22.8 Å². The third kappa shape index (κ3) is 2.77. The minimum absolute atomic E-state index is 0.320. The number of aromatic nitrogens is 1. The lowest BCUT2D eigenvalue weighted by Crippen LogP contribution is -2.26. The Morgan fingerprint density at radius 3 is 2.65 bits per heavy atom. The number of aryl methyl sites for hydroxylation is 1. The summed E-state index contributed by atoms with van der Waals surface area (Å²) in [6, 6.07) is 4.88. The maximum Gasteiger partial charge on any atom is 0.416 e. The average Bonchev–Trinajstić information content (AvgIpc) is 2.72. The number of fused-ring (bicyclic) bond motifs is 1. The summed E-state index contributed by atoms with van der Waals surface area (Å²) in [6.07, 6.45) is -4.39. The summed E-state index contributed by atoms with van der Waals surface area (Å²) in [4.78, 5) is 11.9. The lowest BCUT2D eigenvalue weighted by molar-refractivity contribution is -0.137. The number of thiol groups is 1. The molecule has 0 fully saturated rings. The summed E-state index contributed by atoms with van der Waals surface area (Å²) >= 11 is 3.98. The van der Waals surface area contributed by atoms with Crippen molar-refractivity contribution in [1.82, 2.24) is 9.88 Å². The zero-order valence-corrected chi connectivity index (χ0v) is 11.6. The predicted molar refractivity (Wildman–Crippen MR) is 74.1 cm³/mol. The molecule has 108 valence electrons. The van der Waals surface area contributed by atoms with Crippen molar-refractivity contribution < 1.29 is 18.0 Å². The van der Waals surface area contributed by atoms with Gasteiger partial charge in [-0.2, -0.15) is 25.8 Å². The average molecular weight is 302 g/mol. The Hall–Kier alpha value is -1.63. The lowest BCUT2D eigenvalue weighted by Gasteiger charge is -2.07. The van der Waals surface area contributed by atoms with Crippen LogP contribution in [0.4, 0.5) is 13.2 Å². The quantitative estimate of drug-likeness (QED) is 0.840. The van der Waals surface area contributed by atoms with Gasteiger partial charge in [-0.3, -0.25) is 4.79 Å². The number of halogens is 3. The van der Waals surface area contributed by atoms with Gasteiger partial charge < -0.3 is 9.88 Å². The van der Waals surface area contributed by atoms with E-state index in [2.05, 4.69) is 17.9 Å². The molecule has 0 spiro atoms. The van der Waals surface area contributed by atoms with Crippen LogP contribution < -0.4 is 5.32 Å². The highest BCUT2D eigenvalue weighted by molar-refractivity contribution is 7.80. The van der Waals surface area contributed by atoms with E-state index < -0.39 is 11.7 Å². The summed E-state index contributed by atoms with van der Waals surface area (Å²) in [5.41, 5.74) is 0.174. The van der Waals surface area contributed by atoms with Gasteiger partial charge in [0.15, 0.2) is 0 Å². The molecule has 2 aromatic rings. The standard InChI is InChI=1S/C13H13F3N2OS/c1-18-10-3-2-9(13(14,15)16)6-8(10)7-11(18)12(19)17-4-5-20/h2-3,6-7,20H,4-5H2,1H3,(H,17,19). The minimum atomic E-state index is -4.39. The van der Waals surface area contributed by atoms with Crippen molar-refractivity contribution >= 4 is 29.4 Å². The molecule has 1 aromatic heterocycles. The van der Waals surface area contributed by atoms with Gasteiger partial charge in [-0.25, -0.2) is 0 Å². The maximum atomic E-state index is 12.7. The van der Waals surface area contributed by atoms with Crippen molar-refractivity contribution in [3.05, 3.63) is 35.5 Å². The second kappa shape index (κ2) is 5.40. The number of carbonyl (C=O) groups is 1. The van der Waals surface area contributed by atoms with E-state index in [-0.39, 0.29) is 5.91 Å². The van der Waals surface area contributed by atoms with Gasteiger partial charge in [0.25, 0.3) is 5.91 Å². The molecule has 1 amide bonds. The van der Waals surface area contributed by atoms with E-state index in [0.29, 0.717) is 28.9 Å². The Morgan fingerprint density at radius 1 is 1.35 bits per heavy atom. The van der Waals surface area contributed by atoms with E-state index in [4.69, 9.17) is 0 Å². The number of alkyl halides is 3. The SMILES string of the molecule is Cn1c(C(=O)NCCS)cc2cc(C(F)(F)F)ccc21. The van der Waals surface area contributed by atoms with Crippen LogP contribution in [0.15, 0.2) is 24.3 Å². The van der Waals surface area contributed by atoms with Gasteiger partial charge in [0.1, 0.15) is 5.69 Å². The third-order valence-electron chi connectivity index (χ3n) is 3.00. The molecule has 0 saturated carbocycles. The minimum Gasteiger partial charge on any atom is -0.350 e. The first kappa shape index (κ1) is 14.8. The summed E-state index contributed by atoms with van der Waals surface area (Å²) in [5.74, 6) is 0.166. The van der Waals surface area contributed by atoms with E-state index in [1.54, 1.807) is 11.6 Å². The van der Waals surface area contributed by atoms with Crippen LogP contribution in [0.2, 0.25) is 0 Å². The molecule has 0 radical (unpaired) electrons. The van der Waals surface area contributed by atoms with Crippen LogP contribution in [0, 0.1) is 0 Å². The van der Waals surface area contributed by atoms with E-state index in [1.165, 1.54) is 12.1 Å². The van der Waals surface area contributed by atoms with Gasteiger partial charge in [-0.15, -0.1) is 0 Å². The Balaban J connectivity index is 2.44. The van der Waals surface area contributed by atoms with Gasteiger partial charge in [-0.05, 0) is 24.3 Å². The number of hydrogen-bond acceptors (Lipinski definition) is 2. The molecular weight excluding hydrogens is 289 g/mol. The van der Waals surface area contributed by atoms with Crippen molar-refractivity contribution in [2.24, 2.45) is 7.05 Å². The molecule has 0 aliphatic rings. The molecule has 7 heteroatoms. The van der Waals surface area contributed by atoms with Crippen molar-refractivity contribution in [3.63, 3.8) is 0 Å². The molecular formula is C13H13F3N2OS. The topological polar surface area (TPSA) is 34.0 Å². The van der Waals surface area contributed by atoms with Crippen LogP contribution >= 0.6 is 12.6 Å². The largest absolute Gasteiger partial charge is 0.416 e.